The van der Waals surface area contributed by atoms with Gasteiger partial charge in [-0.05, 0) is 12.1 Å². The van der Waals surface area contributed by atoms with Gasteiger partial charge in [0.15, 0.2) is 11.5 Å². The minimum atomic E-state index is 0.683. The molecule has 0 bridgehead atoms. The lowest BCUT2D eigenvalue weighted by molar-refractivity contribution is -0.925. The maximum absolute atomic E-state index is 5.67. The number of quaternary nitrogens is 3. The molecule has 0 amide bonds. The Morgan fingerprint density at radius 1 is 0.692 bits per heavy atom. The van der Waals surface area contributed by atoms with E-state index in [9.17, 15) is 0 Å². The van der Waals surface area contributed by atoms with E-state index in [1.807, 2.05) is 6.07 Å². The van der Waals surface area contributed by atoms with Gasteiger partial charge in [-0.3, -0.25) is 0 Å². The van der Waals surface area contributed by atoms with Crippen LogP contribution in [0.4, 0.5) is 0 Å². The zero-order valence-corrected chi connectivity index (χ0v) is 17.8. The Hall–Kier alpha value is -1.50. The molecule has 0 heterocycles. The highest BCUT2D eigenvalue weighted by molar-refractivity contribution is 5.55. The summed E-state index contributed by atoms with van der Waals surface area (Å²) in [5.74, 6) is 2.19. The van der Waals surface area contributed by atoms with Crippen molar-refractivity contribution in [3.63, 3.8) is 0 Å². The van der Waals surface area contributed by atoms with E-state index in [0.717, 1.165) is 12.3 Å². The van der Waals surface area contributed by atoms with E-state index in [2.05, 4.69) is 34.3 Å². The van der Waals surface area contributed by atoms with Crippen molar-refractivity contribution in [1.82, 2.24) is 0 Å². The molecule has 1 rings (SSSR count). The summed E-state index contributed by atoms with van der Waals surface area (Å²) in [5.41, 5.74) is 1.18. The largest absolute Gasteiger partial charge is 0.493 e. The summed E-state index contributed by atoms with van der Waals surface area (Å²) in [6.45, 7) is 5.68. The van der Waals surface area contributed by atoms with E-state index in [1.165, 1.54) is 54.4 Å². The van der Waals surface area contributed by atoms with Crippen LogP contribution in [0.3, 0.4) is 0 Å². The lowest BCUT2D eigenvalue weighted by Crippen LogP contribution is -3.13. The van der Waals surface area contributed by atoms with E-state index < -0.39 is 0 Å². The number of methoxy groups -OCH3 is 3. The van der Waals surface area contributed by atoms with Crippen molar-refractivity contribution in [3.8, 4) is 17.2 Å². The topological polar surface area (TPSA) is 41.0 Å². The lowest BCUT2D eigenvalue weighted by Gasteiger charge is -2.22. The molecule has 0 aliphatic heterocycles. The summed E-state index contributed by atoms with van der Waals surface area (Å²) in [6, 6.07) is 4.08. The van der Waals surface area contributed by atoms with Crippen molar-refractivity contribution in [2.75, 3.05) is 75.7 Å². The summed E-state index contributed by atoms with van der Waals surface area (Å²) in [4.78, 5) is 4.61. The van der Waals surface area contributed by atoms with Crippen LogP contribution in [0.5, 0.6) is 17.2 Å². The van der Waals surface area contributed by atoms with Gasteiger partial charge in [0.1, 0.15) is 6.54 Å². The van der Waals surface area contributed by atoms with E-state index >= 15 is 0 Å². The van der Waals surface area contributed by atoms with Crippen LogP contribution in [0.25, 0.3) is 0 Å². The molecule has 0 aliphatic carbocycles. The zero-order valence-electron chi connectivity index (χ0n) is 17.8. The van der Waals surface area contributed by atoms with Crippen LogP contribution in [-0.2, 0) is 6.54 Å². The first-order valence-electron chi connectivity index (χ1n) is 9.62. The van der Waals surface area contributed by atoms with Gasteiger partial charge < -0.3 is 28.9 Å². The molecule has 0 spiro atoms. The second-order valence-electron chi connectivity index (χ2n) is 7.54. The van der Waals surface area contributed by atoms with E-state index in [-0.39, 0.29) is 0 Å². The van der Waals surface area contributed by atoms with Gasteiger partial charge in [0.05, 0.1) is 81.3 Å². The van der Waals surface area contributed by atoms with Crippen LogP contribution in [0.15, 0.2) is 12.1 Å². The van der Waals surface area contributed by atoms with Gasteiger partial charge in [-0.1, -0.05) is 0 Å². The number of hydrogen-bond donors (Lipinski definition) is 3. The third-order valence-electron chi connectivity index (χ3n) is 4.64. The Labute approximate surface area is 159 Å². The maximum Gasteiger partial charge on any atom is 0.203 e. The highest BCUT2D eigenvalue weighted by Crippen LogP contribution is 2.39. The van der Waals surface area contributed by atoms with Crippen molar-refractivity contribution in [2.45, 2.75) is 19.4 Å². The average molecular weight is 371 g/mol. The maximum atomic E-state index is 5.67. The Bertz CT molecular complexity index is 507. The predicted molar refractivity (Wildman–Crippen MR) is 105 cm³/mol. The molecule has 0 fully saturated rings. The predicted octanol–water partition coefficient (Wildman–Crippen LogP) is -1.83. The van der Waals surface area contributed by atoms with Crippen molar-refractivity contribution in [1.29, 1.82) is 0 Å². The molecule has 0 atom stereocenters. The van der Waals surface area contributed by atoms with E-state index in [1.54, 1.807) is 26.2 Å². The molecule has 1 aromatic rings. The van der Waals surface area contributed by atoms with Gasteiger partial charge >= 0.3 is 0 Å². The molecule has 26 heavy (non-hydrogen) atoms. The van der Waals surface area contributed by atoms with Crippen molar-refractivity contribution in [2.24, 2.45) is 0 Å². The highest BCUT2D eigenvalue weighted by atomic mass is 16.5. The molecule has 0 saturated heterocycles. The van der Waals surface area contributed by atoms with Gasteiger partial charge in [-0.15, -0.1) is 0 Å². The molecule has 0 radical (unpaired) electrons. The second kappa shape index (κ2) is 12.0. The van der Waals surface area contributed by atoms with Gasteiger partial charge in [-0.25, -0.2) is 0 Å². The third-order valence-corrected chi connectivity index (χ3v) is 4.64. The summed E-state index contributed by atoms with van der Waals surface area (Å²) >= 11 is 0. The fraction of sp³-hybridized carbons (Fsp3) is 0.700. The Kier molecular flexibility index (Phi) is 10.4. The molecule has 3 N–H and O–H groups in total. The quantitative estimate of drug-likeness (QED) is 0.383. The fourth-order valence-corrected chi connectivity index (χ4v) is 3.26. The zero-order chi connectivity index (χ0) is 19.5. The minimum Gasteiger partial charge on any atom is -0.493 e. The highest BCUT2D eigenvalue weighted by Gasteiger charge is 2.20. The van der Waals surface area contributed by atoms with E-state index in [4.69, 9.17) is 14.2 Å². The van der Waals surface area contributed by atoms with Crippen LogP contribution in [0.1, 0.15) is 18.4 Å². The number of rotatable bonds is 13. The molecule has 0 saturated carbocycles. The van der Waals surface area contributed by atoms with Crippen molar-refractivity contribution >= 4 is 0 Å². The molecule has 1 aromatic carbocycles. The molecule has 0 aromatic heterocycles. The number of hydrogen-bond acceptors (Lipinski definition) is 3. The van der Waals surface area contributed by atoms with Crippen LogP contribution >= 0.6 is 0 Å². The minimum absolute atomic E-state index is 0.683. The van der Waals surface area contributed by atoms with Crippen LogP contribution < -0.4 is 28.9 Å². The van der Waals surface area contributed by atoms with Crippen LogP contribution in [-0.4, -0.2) is 75.7 Å². The molecular weight excluding hydrogens is 330 g/mol. The smallest absolute Gasteiger partial charge is 0.203 e. The number of benzene rings is 1. The average Bonchev–Trinajstić information content (AvgIpc) is 2.60. The standard InChI is InChI=1S/C20H37N3O3/c1-21(2)12-8-14-23(15-9-13-22(3)4)16-17-10-11-18(24-5)20(26-7)19(17)25-6/h10-11H,8-9,12-16H2,1-7H3/p+3. The first-order valence-corrected chi connectivity index (χ1v) is 9.62. The van der Waals surface area contributed by atoms with Gasteiger partial charge in [0, 0.05) is 12.8 Å². The number of ether oxygens (including phenoxy) is 3. The Balaban J connectivity index is 2.89. The molecule has 0 unspecified atom stereocenters. The summed E-state index contributed by atoms with van der Waals surface area (Å²) in [6.07, 6.45) is 2.45. The fourth-order valence-electron chi connectivity index (χ4n) is 3.26. The van der Waals surface area contributed by atoms with Crippen LogP contribution in [0, 0.1) is 0 Å². The van der Waals surface area contributed by atoms with Crippen LogP contribution in [0.2, 0.25) is 0 Å². The third kappa shape index (κ3) is 7.40. The molecule has 0 aliphatic rings. The molecular formula is C20H40N3O3+3. The lowest BCUT2D eigenvalue weighted by atomic mass is 10.1. The Morgan fingerprint density at radius 2 is 1.23 bits per heavy atom. The molecule has 6 heteroatoms. The van der Waals surface area contributed by atoms with Gasteiger partial charge in [-0.2, -0.15) is 0 Å². The van der Waals surface area contributed by atoms with Crippen molar-refractivity contribution < 1.29 is 28.9 Å². The summed E-state index contributed by atoms with van der Waals surface area (Å²) in [7, 11) is 13.9. The van der Waals surface area contributed by atoms with E-state index in [0.29, 0.717) is 11.5 Å². The first kappa shape index (κ1) is 22.5. The monoisotopic (exact) mass is 370 g/mol. The SMILES string of the molecule is COc1ccc(C[NH+](CCC[NH+](C)C)CCC[NH+](C)C)c(OC)c1OC. The molecule has 6 nitrogen and oxygen atoms in total. The normalized spacial score (nSPS) is 11.5. The molecule has 150 valence electrons. The first-order chi connectivity index (χ1) is 12.4. The second-order valence-corrected chi connectivity index (χ2v) is 7.54. The summed E-state index contributed by atoms with van der Waals surface area (Å²) in [5, 5.41) is 0. The summed E-state index contributed by atoms with van der Waals surface area (Å²) < 4.78 is 16.6. The van der Waals surface area contributed by atoms with Crippen molar-refractivity contribution in [3.05, 3.63) is 17.7 Å². The number of nitrogens with one attached hydrogen (secondary N) is 3. The van der Waals surface area contributed by atoms with Gasteiger partial charge in [0.25, 0.3) is 0 Å². The Morgan fingerprint density at radius 3 is 1.65 bits per heavy atom. The van der Waals surface area contributed by atoms with Gasteiger partial charge in [0.2, 0.25) is 5.75 Å².